The Labute approximate surface area is 104 Å². The molecule has 17 heavy (non-hydrogen) atoms. The Kier molecular flexibility index (Phi) is 6.35. The molecule has 0 aromatic carbocycles. The predicted octanol–water partition coefficient (Wildman–Crippen LogP) is -0.413. The molecule has 0 aliphatic carbocycles. The van der Waals surface area contributed by atoms with Gasteiger partial charge in [-0.2, -0.15) is 13.1 Å². The molecule has 0 saturated carbocycles. The smallest absolute Gasteiger partial charge is 0.277 e. The summed E-state index contributed by atoms with van der Waals surface area (Å²) in [6, 6.07) is 0.706. The molecule has 0 spiro atoms. The van der Waals surface area contributed by atoms with Crippen molar-refractivity contribution >= 4 is 10.2 Å². The summed E-state index contributed by atoms with van der Waals surface area (Å²) in [6.07, 6.45) is 3.33. The highest BCUT2D eigenvalue weighted by Crippen LogP contribution is 2.11. The average Bonchev–Trinajstić information content (AvgIpc) is 2.27. The average molecular weight is 265 g/mol. The minimum atomic E-state index is -3.39. The van der Waals surface area contributed by atoms with Crippen molar-refractivity contribution in [2.24, 2.45) is 0 Å². The van der Waals surface area contributed by atoms with E-state index in [0.717, 1.165) is 19.3 Å². The first-order valence-electron chi connectivity index (χ1n) is 6.03. The van der Waals surface area contributed by atoms with Gasteiger partial charge in [-0.25, -0.2) is 4.72 Å². The van der Waals surface area contributed by atoms with E-state index in [0.29, 0.717) is 25.7 Å². The van der Waals surface area contributed by atoms with Gasteiger partial charge in [0.05, 0.1) is 6.61 Å². The zero-order valence-electron chi connectivity index (χ0n) is 10.5. The molecule has 1 heterocycles. The first-order valence-corrected chi connectivity index (χ1v) is 7.51. The van der Waals surface area contributed by atoms with E-state index in [2.05, 4.69) is 21.7 Å². The quantitative estimate of drug-likeness (QED) is 0.547. The maximum Gasteiger partial charge on any atom is 0.277 e. The van der Waals surface area contributed by atoms with E-state index in [-0.39, 0.29) is 6.04 Å². The molecule has 0 amide bonds. The molecule has 2 atom stereocenters. The molecular weight excluding hydrogens is 242 g/mol. The molecule has 2 unspecified atom stereocenters. The minimum Gasteiger partial charge on any atom is -0.383 e. The van der Waals surface area contributed by atoms with Gasteiger partial charge in [0.1, 0.15) is 0 Å². The van der Waals surface area contributed by atoms with Crippen LogP contribution in [0.1, 0.15) is 26.2 Å². The predicted molar refractivity (Wildman–Crippen MR) is 67.0 cm³/mol. The molecule has 0 bridgehead atoms. The SMILES string of the molecule is COCCNS(=O)(=O)NCC1CCCC(C)N1. The van der Waals surface area contributed by atoms with E-state index in [1.165, 1.54) is 7.11 Å². The molecule has 6 nitrogen and oxygen atoms in total. The number of hydrogen-bond acceptors (Lipinski definition) is 4. The van der Waals surface area contributed by atoms with E-state index in [1.807, 2.05) is 0 Å². The molecule has 1 aliphatic heterocycles. The molecule has 0 aromatic rings. The zero-order valence-corrected chi connectivity index (χ0v) is 11.3. The van der Waals surface area contributed by atoms with Crippen molar-refractivity contribution in [1.82, 2.24) is 14.8 Å². The highest BCUT2D eigenvalue weighted by molar-refractivity contribution is 7.87. The third-order valence-electron chi connectivity index (χ3n) is 2.83. The normalized spacial score (nSPS) is 26.0. The van der Waals surface area contributed by atoms with Gasteiger partial charge in [0, 0.05) is 32.3 Å². The Morgan fingerprint density at radius 3 is 2.76 bits per heavy atom. The third kappa shape index (κ3) is 6.32. The summed E-state index contributed by atoms with van der Waals surface area (Å²) in [5.74, 6) is 0. The molecule has 1 rings (SSSR count). The molecule has 1 fully saturated rings. The standard InChI is InChI=1S/C10H23N3O3S/c1-9-4-3-5-10(13-9)8-12-17(14,15)11-6-7-16-2/h9-13H,3-8H2,1-2H3. The van der Waals surface area contributed by atoms with Crippen LogP contribution in [0.5, 0.6) is 0 Å². The van der Waals surface area contributed by atoms with Gasteiger partial charge >= 0.3 is 0 Å². The van der Waals surface area contributed by atoms with Gasteiger partial charge < -0.3 is 10.1 Å². The number of hydrogen-bond donors (Lipinski definition) is 3. The molecule has 7 heteroatoms. The first kappa shape index (κ1) is 14.8. The van der Waals surface area contributed by atoms with Gasteiger partial charge in [0.25, 0.3) is 10.2 Å². The lowest BCUT2D eigenvalue weighted by molar-refractivity contribution is 0.204. The summed E-state index contributed by atoms with van der Waals surface area (Å²) in [7, 11) is -1.85. The van der Waals surface area contributed by atoms with Crippen molar-refractivity contribution in [3.63, 3.8) is 0 Å². The van der Waals surface area contributed by atoms with Crippen molar-refractivity contribution in [2.75, 3.05) is 26.8 Å². The summed E-state index contributed by atoms with van der Waals surface area (Å²) >= 11 is 0. The van der Waals surface area contributed by atoms with E-state index < -0.39 is 10.2 Å². The van der Waals surface area contributed by atoms with Crippen LogP contribution >= 0.6 is 0 Å². The molecule has 1 saturated heterocycles. The van der Waals surface area contributed by atoms with Gasteiger partial charge in [0.2, 0.25) is 0 Å². The Morgan fingerprint density at radius 1 is 1.35 bits per heavy atom. The second kappa shape index (κ2) is 7.27. The van der Waals surface area contributed by atoms with E-state index >= 15 is 0 Å². The lowest BCUT2D eigenvalue weighted by Gasteiger charge is -2.28. The van der Waals surface area contributed by atoms with Crippen LogP contribution in [0.25, 0.3) is 0 Å². The maximum atomic E-state index is 11.5. The van der Waals surface area contributed by atoms with Crippen LogP contribution < -0.4 is 14.8 Å². The Hall–Kier alpha value is -0.210. The first-order chi connectivity index (χ1) is 8.03. The molecule has 102 valence electrons. The van der Waals surface area contributed by atoms with Gasteiger partial charge in [-0.1, -0.05) is 6.42 Å². The highest BCUT2D eigenvalue weighted by atomic mass is 32.2. The molecule has 3 N–H and O–H groups in total. The number of rotatable bonds is 7. The monoisotopic (exact) mass is 265 g/mol. The summed E-state index contributed by atoms with van der Waals surface area (Å²) in [4.78, 5) is 0. The van der Waals surface area contributed by atoms with Gasteiger partial charge in [-0.15, -0.1) is 0 Å². The summed E-state index contributed by atoms with van der Waals surface area (Å²) in [5, 5.41) is 3.38. The fraction of sp³-hybridized carbons (Fsp3) is 1.00. The Morgan fingerprint density at radius 2 is 2.12 bits per heavy atom. The fourth-order valence-corrected chi connectivity index (χ4v) is 2.81. The number of piperidine rings is 1. The van der Waals surface area contributed by atoms with Crippen LogP contribution in [0, 0.1) is 0 Å². The lowest BCUT2D eigenvalue weighted by Crippen LogP contribution is -2.49. The number of nitrogens with one attached hydrogen (secondary N) is 3. The van der Waals surface area contributed by atoms with Crippen molar-refractivity contribution in [1.29, 1.82) is 0 Å². The summed E-state index contributed by atoms with van der Waals surface area (Å²) in [6.45, 7) is 3.23. The largest absolute Gasteiger partial charge is 0.383 e. The van der Waals surface area contributed by atoms with Crippen LogP contribution in [0.2, 0.25) is 0 Å². The Bertz CT molecular complexity index is 308. The molecule has 0 aromatic heterocycles. The molecular formula is C10H23N3O3S. The van der Waals surface area contributed by atoms with E-state index in [1.54, 1.807) is 0 Å². The topological polar surface area (TPSA) is 79.5 Å². The van der Waals surface area contributed by atoms with Crippen LogP contribution in [0.15, 0.2) is 0 Å². The van der Waals surface area contributed by atoms with Gasteiger partial charge in [-0.3, -0.25) is 0 Å². The number of ether oxygens (including phenoxy) is 1. The van der Waals surface area contributed by atoms with Crippen LogP contribution in [0.3, 0.4) is 0 Å². The number of methoxy groups -OCH3 is 1. The third-order valence-corrected chi connectivity index (χ3v) is 3.96. The van der Waals surface area contributed by atoms with Gasteiger partial charge in [0.15, 0.2) is 0 Å². The highest BCUT2D eigenvalue weighted by Gasteiger charge is 2.19. The maximum absolute atomic E-state index is 11.5. The molecule has 1 aliphatic rings. The van der Waals surface area contributed by atoms with Gasteiger partial charge in [-0.05, 0) is 19.8 Å². The van der Waals surface area contributed by atoms with Crippen LogP contribution in [-0.4, -0.2) is 47.3 Å². The van der Waals surface area contributed by atoms with E-state index in [9.17, 15) is 8.42 Å². The van der Waals surface area contributed by atoms with Crippen molar-refractivity contribution in [2.45, 2.75) is 38.3 Å². The van der Waals surface area contributed by atoms with Crippen LogP contribution in [0.4, 0.5) is 0 Å². The second-order valence-corrected chi connectivity index (χ2v) is 6.02. The van der Waals surface area contributed by atoms with Crippen molar-refractivity contribution < 1.29 is 13.2 Å². The van der Waals surface area contributed by atoms with Crippen molar-refractivity contribution in [3.8, 4) is 0 Å². The lowest BCUT2D eigenvalue weighted by atomic mass is 10.00. The minimum absolute atomic E-state index is 0.234. The summed E-state index contributed by atoms with van der Waals surface area (Å²) in [5.41, 5.74) is 0. The van der Waals surface area contributed by atoms with Crippen molar-refractivity contribution in [3.05, 3.63) is 0 Å². The zero-order chi connectivity index (χ0) is 12.7. The fourth-order valence-electron chi connectivity index (χ4n) is 1.94. The van der Waals surface area contributed by atoms with E-state index in [4.69, 9.17) is 4.74 Å². The summed E-state index contributed by atoms with van der Waals surface area (Å²) < 4.78 is 32.8. The van der Waals surface area contributed by atoms with Crippen LogP contribution in [-0.2, 0) is 14.9 Å². The Balaban J connectivity index is 2.23. The molecule has 0 radical (unpaired) electrons. The second-order valence-electron chi connectivity index (χ2n) is 4.43.